The molecule has 0 aliphatic carbocycles. The molecule has 2 aromatic heterocycles. The summed E-state index contributed by atoms with van der Waals surface area (Å²) in [6.45, 7) is 0. The van der Waals surface area contributed by atoms with Crippen LogP contribution in [0.2, 0.25) is 5.28 Å². The summed E-state index contributed by atoms with van der Waals surface area (Å²) in [4.78, 5) is 14.7. The van der Waals surface area contributed by atoms with Crippen LogP contribution < -0.4 is 5.73 Å². The second kappa shape index (κ2) is 3.85. The first-order valence-corrected chi connectivity index (χ1v) is 4.90. The Kier molecular flexibility index (Phi) is 2.55. The first-order chi connectivity index (χ1) is 6.75. The molecule has 7 heteroatoms. The normalized spacial score (nSPS) is 10.4. The number of H-pyrrole nitrogens is 1. The highest BCUT2D eigenvalue weighted by Gasteiger charge is 2.06. The Balaban J connectivity index is 2.28. The van der Waals surface area contributed by atoms with E-state index in [2.05, 4.69) is 19.9 Å². The first-order valence-electron chi connectivity index (χ1n) is 3.71. The number of hydrogen-bond acceptors (Lipinski definition) is 5. The standard InChI is InChI=1S/C7H6ClN5S/c8-6-12-3-4(9)5(13-6)14-7-10-1-2-11-7/h1-3H,9H2,(H,10,11). The van der Waals surface area contributed by atoms with Crippen molar-refractivity contribution in [1.82, 2.24) is 19.9 Å². The average Bonchev–Trinajstić information content (AvgIpc) is 2.64. The minimum Gasteiger partial charge on any atom is -0.395 e. The zero-order valence-electron chi connectivity index (χ0n) is 6.94. The van der Waals surface area contributed by atoms with Gasteiger partial charge in [0.2, 0.25) is 5.28 Å². The monoisotopic (exact) mass is 227 g/mol. The van der Waals surface area contributed by atoms with Crippen LogP contribution in [0, 0.1) is 0 Å². The molecule has 0 radical (unpaired) electrons. The molecule has 72 valence electrons. The number of halogens is 1. The molecule has 0 amide bonds. The van der Waals surface area contributed by atoms with Crippen molar-refractivity contribution < 1.29 is 0 Å². The molecule has 0 bridgehead atoms. The van der Waals surface area contributed by atoms with E-state index < -0.39 is 0 Å². The van der Waals surface area contributed by atoms with Gasteiger partial charge >= 0.3 is 0 Å². The van der Waals surface area contributed by atoms with E-state index in [1.807, 2.05) is 0 Å². The predicted molar refractivity (Wildman–Crippen MR) is 54.2 cm³/mol. The topological polar surface area (TPSA) is 80.5 Å². The first kappa shape index (κ1) is 9.29. The zero-order valence-corrected chi connectivity index (χ0v) is 8.51. The molecule has 14 heavy (non-hydrogen) atoms. The van der Waals surface area contributed by atoms with Gasteiger partial charge in [0.05, 0.1) is 11.9 Å². The Morgan fingerprint density at radius 2 is 2.29 bits per heavy atom. The molecule has 0 spiro atoms. The van der Waals surface area contributed by atoms with Crippen molar-refractivity contribution in [3.63, 3.8) is 0 Å². The van der Waals surface area contributed by atoms with Crippen molar-refractivity contribution in [1.29, 1.82) is 0 Å². The number of aromatic nitrogens is 4. The van der Waals surface area contributed by atoms with Crippen LogP contribution >= 0.6 is 23.4 Å². The predicted octanol–water partition coefficient (Wildman–Crippen LogP) is 1.59. The number of anilines is 1. The third-order valence-electron chi connectivity index (χ3n) is 1.42. The molecule has 2 rings (SSSR count). The van der Waals surface area contributed by atoms with Crippen LogP contribution in [0.5, 0.6) is 0 Å². The molecule has 5 nitrogen and oxygen atoms in total. The fraction of sp³-hybridized carbons (Fsp3) is 0. The molecule has 2 aromatic rings. The Morgan fingerprint density at radius 3 is 3.00 bits per heavy atom. The van der Waals surface area contributed by atoms with Crippen molar-refractivity contribution in [3.05, 3.63) is 23.9 Å². The third-order valence-corrected chi connectivity index (χ3v) is 2.54. The van der Waals surface area contributed by atoms with Crippen LogP contribution in [0.3, 0.4) is 0 Å². The molecule has 2 heterocycles. The average molecular weight is 228 g/mol. The number of rotatable bonds is 2. The summed E-state index contributed by atoms with van der Waals surface area (Å²) < 4.78 is 0. The van der Waals surface area contributed by atoms with Gasteiger partial charge in [-0.15, -0.1) is 0 Å². The Morgan fingerprint density at radius 1 is 1.43 bits per heavy atom. The van der Waals surface area contributed by atoms with Crippen LogP contribution in [-0.4, -0.2) is 19.9 Å². The summed E-state index contributed by atoms with van der Waals surface area (Å²) in [6, 6.07) is 0. The Labute approximate surface area is 89.1 Å². The van der Waals surface area contributed by atoms with Gasteiger partial charge in [0.1, 0.15) is 5.03 Å². The highest BCUT2D eigenvalue weighted by Crippen LogP contribution is 2.27. The number of nitrogens with one attached hydrogen (secondary N) is 1. The van der Waals surface area contributed by atoms with Crippen LogP contribution in [0.1, 0.15) is 0 Å². The number of nitrogens with zero attached hydrogens (tertiary/aromatic N) is 3. The van der Waals surface area contributed by atoms with Crippen LogP contribution in [0.15, 0.2) is 28.8 Å². The SMILES string of the molecule is Nc1cnc(Cl)nc1Sc1ncc[nH]1. The fourth-order valence-electron chi connectivity index (χ4n) is 0.835. The largest absolute Gasteiger partial charge is 0.395 e. The lowest BCUT2D eigenvalue weighted by molar-refractivity contribution is 1.02. The molecular weight excluding hydrogens is 222 g/mol. The summed E-state index contributed by atoms with van der Waals surface area (Å²) in [5, 5.41) is 1.49. The molecule has 0 aliphatic heterocycles. The van der Waals surface area contributed by atoms with Gasteiger partial charge in [-0.05, 0) is 23.4 Å². The van der Waals surface area contributed by atoms with Crippen LogP contribution in [0.25, 0.3) is 0 Å². The maximum absolute atomic E-state index is 5.66. The lowest BCUT2D eigenvalue weighted by Crippen LogP contribution is -1.94. The Bertz CT molecular complexity index is 430. The van der Waals surface area contributed by atoms with Gasteiger partial charge in [0.25, 0.3) is 0 Å². The van der Waals surface area contributed by atoms with Gasteiger partial charge in [-0.25, -0.2) is 15.0 Å². The summed E-state index contributed by atoms with van der Waals surface area (Å²) in [5.74, 6) is 0. The van der Waals surface area contributed by atoms with E-state index in [0.717, 1.165) is 0 Å². The quantitative estimate of drug-likeness (QED) is 0.602. The molecule has 0 fully saturated rings. The van der Waals surface area contributed by atoms with Crippen molar-refractivity contribution >= 4 is 29.1 Å². The van der Waals surface area contributed by atoms with Gasteiger partial charge in [-0.1, -0.05) is 0 Å². The van der Waals surface area contributed by atoms with E-state index >= 15 is 0 Å². The summed E-state index contributed by atoms with van der Waals surface area (Å²) in [5.41, 5.74) is 6.14. The van der Waals surface area contributed by atoms with Crippen molar-refractivity contribution in [2.24, 2.45) is 0 Å². The number of nitrogen functional groups attached to an aromatic ring is 1. The van der Waals surface area contributed by atoms with E-state index in [1.54, 1.807) is 12.4 Å². The van der Waals surface area contributed by atoms with E-state index in [-0.39, 0.29) is 5.28 Å². The van der Waals surface area contributed by atoms with E-state index in [9.17, 15) is 0 Å². The second-order valence-electron chi connectivity index (χ2n) is 2.40. The minimum absolute atomic E-state index is 0.174. The van der Waals surface area contributed by atoms with E-state index in [0.29, 0.717) is 15.9 Å². The van der Waals surface area contributed by atoms with Gasteiger partial charge < -0.3 is 10.7 Å². The third kappa shape index (κ3) is 1.97. The Hall–Kier alpha value is -1.27. The van der Waals surface area contributed by atoms with Gasteiger partial charge in [0.15, 0.2) is 5.16 Å². The van der Waals surface area contributed by atoms with Gasteiger partial charge in [-0.2, -0.15) is 0 Å². The summed E-state index contributed by atoms with van der Waals surface area (Å²) in [7, 11) is 0. The molecular formula is C7H6ClN5S. The van der Waals surface area contributed by atoms with Crippen LogP contribution in [0.4, 0.5) is 5.69 Å². The molecule has 0 atom stereocenters. The highest BCUT2D eigenvalue weighted by molar-refractivity contribution is 7.99. The van der Waals surface area contributed by atoms with Crippen LogP contribution in [-0.2, 0) is 0 Å². The molecule has 0 aromatic carbocycles. The summed E-state index contributed by atoms with van der Waals surface area (Å²) in [6.07, 6.45) is 4.85. The van der Waals surface area contributed by atoms with Gasteiger partial charge in [0, 0.05) is 12.4 Å². The smallest absolute Gasteiger partial charge is 0.223 e. The van der Waals surface area contributed by atoms with Crippen molar-refractivity contribution in [2.75, 3.05) is 5.73 Å². The number of nitrogens with two attached hydrogens (primary N) is 1. The van der Waals surface area contributed by atoms with Crippen molar-refractivity contribution in [2.45, 2.75) is 10.2 Å². The molecule has 0 saturated heterocycles. The molecule has 0 aliphatic rings. The molecule has 0 unspecified atom stereocenters. The lowest BCUT2D eigenvalue weighted by Gasteiger charge is -2.00. The molecule has 0 saturated carbocycles. The zero-order chi connectivity index (χ0) is 9.97. The number of imidazole rings is 1. The highest BCUT2D eigenvalue weighted by atomic mass is 35.5. The van der Waals surface area contributed by atoms with Crippen molar-refractivity contribution in [3.8, 4) is 0 Å². The van der Waals surface area contributed by atoms with E-state index in [1.165, 1.54) is 18.0 Å². The fourth-order valence-corrected chi connectivity index (χ4v) is 1.74. The maximum atomic E-state index is 5.66. The van der Waals surface area contributed by atoms with E-state index in [4.69, 9.17) is 17.3 Å². The summed E-state index contributed by atoms with van der Waals surface area (Å²) >= 11 is 6.94. The lowest BCUT2D eigenvalue weighted by atomic mass is 10.6. The second-order valence-corrected chi connectivity index (χ2v) is 3.71. The minimum atomic E-state index is 0.174. The molecule has 3 N–H and O–H groups in total. The van der Waals surface area contributed by atoms with Gasteiger partial charge in [-0.3, -0.25) is 0 Å². The number of aromatic amines is 1. The maximum Gasteiger partial charge on any atom is 0.223 e. The number of hydrogen-bond donors (Lipinski definition) is 2.